The molecule has 2 unspecified atom stereocenters. The Labute approximate surface area is 121 Å². The fourth-order valence-electron chi connectivity index (χ4n) is 3.01. The van der Waals surface area contributed by atoms with Crippen LogP contribution in [0.5, 0.6) is 0 Å². The summed E-state index contributed by atoms with van der Waals surface area (Å²) < 4.78 is 5.63. The molecular formula is C15H25N3O2. The molecule has 112 valence electrons. The average Bonchev–Trinajstić information content (AvgIpc) is 2.50. The molecule has 0 radical (unpaired) electrons. The van der Waals surface area contributed by atoms with Crippen LogP contribution in [-0.2, 0) is 9.53 Å². The van der Waals surface area contributed by atoms with E-state index in [2.05, 4.69) is 11.0 Å². The molecule has 2 saturated heterocycles. The van der Waals surface area contributed by atoms with Gasteiger partial charge in [-0.3, -0.25) is 9.69 Å². The van der Waals surface area contributed by atoms with Crippen molar-refractivity contribution in [3.63, 3.8) is 0 Å². The zero-order chi connectivity index (χ0) is 14.4. The van der Waals surface area contributed by atoms with Gasteiger partial charge in [-0.15, -0.1) is 0 Å². The smallest absolute Gasteiger partial charge is 0.225 e. The third-order valence-electron chi connectivity index (χ3n) is 4.32. The van der Waals surface area contributed by atoms with Crippen LogP contribution in [0.2, 0.25) is 0 Å². The highest BCUT2D eigenvalue weighted by Crippen LogP contribution is 2.17. The largest absolute Gasteiger partial charge is 0.378 e. The normalized spacial score (nSPS) is 26.0. The van der Waals surface area contributed by atoms with Crippen LogP contribution >= 0.6 is 0 Å². The lowest BCUT2D eigenvalue weighted by Gasteiger charge is -2.37. The summed E-state index contributed by atoms with van der Waals surface area (Å²) in [7, 11) is 0. The molecule has 0 bridgehead atoms. The molecule has 0 N–H and O–H groups in total. The van der Waals surface area contributed by atoms with E-state index in [0.717, 1.165) is 52.0 Å². The van der Waals surface area contributed by atoms with E-state index in [1.807, 2.05) is 11.8 Å². The van der Waals surface area contributed by atoms with Gasteiger partial charge in [0.25, 0.3) is 0 Å². The van der Waals surface area contributed by atoms with Crippen LogP contribution in [0.1, 0.15) is 39.0 Å². The fraction of sp³-hybridized carbons (Fsp3) is 0.867. The molecule has 2 aliphatic heterocycles. The van der Waals surface area contributed by atoms with Gasteiger partial charge in [0.05, 0.1) is 24.6 Å². The molecule has 0 aromatic carbocycles. The van der Waals surface area contributed by atoms with Gasteiger partial charge in [0.2, 0.25) is 5.91 Å². The van der Waals surface area contributed by atoms with Crippen molar-refractivity contribution < 1.29 is 9.53 Å². The van der Waals surface area contributed by atoms with E-state index in [0.29, 0.717) is 6.42 Å². The lowest BCUT2D eigenvalue weighted by molar-refractivity contribution is -0.137. The van der Waals surface area contributed by atoms with Crippen LogP contribution in [-0.4, -0.2) is 60.6 Å². The van der Waals surface area contributed by atoms with Crippen molar-refractivity contribution >= 4 is 5.91 Å². The van der Waals surface area contributed by atoms with Gasteiger partial charge < -0.3 is 9.64 Å². The van der Waals surface area contributed by atoms with Gasteiger partial charge in [-0.1, -0.05) is 6.92 Å². The van der Waals surface area contributed by atoms with Crippen molar-refractivity contribution in [3.8, 4) is 6.07 Å². The quantitative estimate of drug-likeness (QED) is 0.780. The van der Waals surface area contributed by atoms with E-state index < -0.39 is 0 Å². The number of hydrogen-bond donors (Lipinski definition) is 0. The first-order valence-electron chi connectivity index (χ1n) is 7.77. The summed E-state index contributed by atoms with van der Waals surface area (Å²) in [6.07, 6.45) is 4.80. The molecule has 5 heteroatoms. The van der Waals surface area contributed by atoms with E-state index >= 15 is 0 Å². The minimum Gasteiger partial charge on any atom is -0.378 e. The summed E-state index contributed by atoms with van der Waals surface area (Å²) in [5.41, 5.74) is 0. The van der Waals surface area contributed by atoms with E-state index in [1.165, 1.54) is 6.42 Å². The Kier molecular flexibility index (Phi) is 5.81. The number of piperazine rings is 1. The summed E-state index contributed by atoms with van der Waals surface area (Å²) in [6.45, 7) is 5.93. The number of nitriles is 1. The maximum Gasteiger partial charge on any atom is 0.225 e. The Morgan fingerprint density at radius 2 is 2.10 bits per heavy atom. The number of ether oxygens (including phenoxy) is 1. The first-order chi connectivity index (χ1) is 9.74. The number of rotatable bonds is 4. The molecule has 0 aliphatic carbocycles. The summed E-state index contributed by atoms with van der Waals surface area (Å²) in [5.74, 6) is 0.210. The average molecular weight is 279 g/mol. The second-order valence-corrected chi connectivity index (χ2v) is 5.66. The molecule has 2 rings (SSSR count). The first-order valence-corrected chi connectivity index (χ1v) is 7.77. The molecule has 0 saturated carbocycles. The summed E-state index contributed by atoms with van der Waals surface area (Å²) >= 11 is 0. The maximum absolute atomic E-state index is 12.2. The van der Waals surface area contributed by atoms with E-state index in [-0.39, 0.29) is 18.1 Å². The number of carbonyl (C=O) groups is 1. The monoisotopic (exact) mass is 279 g/mol. The Balaban J connectivity index is 1.75. The second-order valence-electron chi connectivity index (χ2n) is 5.66. The molecule has 2 heterocycles. The zero-order valence-corrected chi connectivity index (χ0v) is 12.4. The molecule has 2 atom stereocenters. The molecule has 1 amide bonds. The number of carbonyl (C=O) groups excluding carboxylic acids is 1. The minimum absolute atomic E-state index is 0.00562. The van der Waals surface area contributed by atoms with Gasteiger partial charge in [0.1, 0.15) is 0 Å². The first kappa shape index (κ1) is 15.3. The number of hydrogen-bond acceptors (Lipinski definition) is 4. The molecule has 2 fully saturated rings. The van der Waals surface area contributed by atoms with Crippen molar-refractivity contribution in [3.05, 3.63) is 0 Å². The van der Waals surface area contributed by atoms with Crippen molar-refractivity contribution in [2.24, 2.45) is 0 Å². The molecule has 20 heavy (non-hydrogen) atoms. The van der Waals surface area contributed by atoms with Crippen molar-refractivity contribution in [2.45, 2.75) is 51.2 Å². The molecule has 5 nitrogen and oxygen atoms in total. The van der Waals surface area contributed by atoms with Gasteiger partial charge in [-0.05, 0) is 25.7 Å². The van der Waals surface area contributed by atoms with E-state index in [4.69, 9.17) is 10.00 Å². The third-order valence-corrected chi connectivity index (χ3v) is 4.32. The topological polar surface area (TPSA) is 56.6 Å². The van der Waals surface area contributed by atoms with Gasteiger partial charge in [0, 0.05) is 32.8 Å². The lowest BCUT2D eigenvalue weighted by atomic mass is 10.1. The maximum atomic E-state index is 12.2. The summed E-state index contributed by atoms with van der Waals surface area (Å²) in [4.78, 5) is 16.4. The third kappa shape index (κ3) is 3.94. The van der Waals surface area contributed by atoms with Gasteiger partial charge >= 0.3 is 0 Å². The van der Waals surface area contributed by atoms with Crippen molar-refractivity contribution in [1.29, 1.82) is 5.26 Å². The highest BCUT2D eigenvalue weighted by molar-refractivity contribution is 5.76. The molecular weight excluding hydrogens is 254 g/mol. The second kappa shape index (κ2) is 7.61. The molecule has 0 spiro atoms. The summed E-state index contributed by atoms with van der Waals surface area (Å²) in [5, 5.41) is 9.08. The number of amides is 1. The van der Waals surface area contributed by atoms with E-state index in [1.54, 1.807) is 0 Å². The minimum atomic E-state index is -0.00562. The zero-order valence-electron chi connectivity index (χ0n) is 12.4. The Morgan fingerprint density at radius 3 is 2.65 bits per heavy atom. The highest BCUT2D eigenvalue weighted by Gasteiger charge is 2.27. The number of nitrogens with zero attached hydrogens (tertiary/aromatic N) is 3. The molecule has 0 aromatic heterocycles. The fourth-order valence-corrected chi connectivity index (χ4v) is 3.01. The predicted molar refractivity (Wildman–Crippen MR) is 76.1 cm³/mol. The SMILES string of the molecule is CCC(C#N)N1CCN(C(=O)CC2CCCCO2)CC1. The van der Waals surface area contributed by atoms with Crippen LogP contribution in [0.3, 0.4) is 0 Å². The van der Waals surface area contributed by atoms with Gasteiger partial charge in [-0.2, -0.15) is 5.26 Å². The van der Waals surface area contributed by atoms with Crippen LogP contribution < -0.4 is 0 Å². The van der Waals surface area contributed by atoms with Crippen LogP contribution in [0.15, 0.2) is 0 Å². The molecule has 2 aliphatic rings. The molecule has 0 aromatic rings. The predicted octanol–water partition coefficient (Wildman–Crippen LogP) is 1.39. The lowest BCUT2D eigenvalue weighted by Crippen LogP contribution is -2.52. The standard InChI is InChI=1S/C15H25N3O2/c1-2-13(12-16)17-6-8-18(9-7-17)15(19)11-14-5-3-4-10-20-14/h13-14H,2-11H2,1H3. The Bertz CT molecular complexity index is 353. The van der Waals surface area contributed by atoms with E-state index in [9.17, 15) is 4.79 Å². The van der Waals surface area contributed by atoms with Gasteiger partial charge in [-0.25, -0.2) is 0 Å². The van der Waals surface area contributed by atoms with Crippen LogP contribution in [0, 0.1) is 11.3 Å². The highest BCUT2D eigenvalue weighted by atomic mass is 16.5. The Morgan fingerprint density at radius 1 is 1.35 bits per heavy atom. The summed E-state index contributed by atoms with van der Waals surface area (Å²) in [6, 6.07) is 2.33. The van der Waals surface area contributed by atoms with Crippen LogP contribution in [0.25, 0.3) is 0 Å². The Hall–Kier alpha value is -1.12. The van der Waals surface area contributed by atoms with Crippen LogP contribution in [0.4, 0.5) is 0 Å². The van der Waals surface area contributed by atoms with Gasteiger partial charge in [0.15, 0.2) is 0 Å². The van der Waals surface area contributed by atoms with Crippen molar-refractivity contribution in [1.82, 2.24) is 9.80 Å². The van der Waals surface area contributed by atoms with Crippen molar-refractivity contribution in [2.75, 3.05) is 32.8 Å².